The van der Waals surface area contributed by atoms with Crippen molar-refractivity contribution in [3.05, 3.63) is 12.0 Å². The summed E-state index contributed by atoms with van der Waals surface area (Å²) >= 11 is 1.69. The molecule has 0 spiro atoms. The molecule has 0 amide bonds. The molecule has 0 aliphatic heterocycles. The predicted octanol–water partition coefficient (Wildman–Crippen LogP) is 1.82. The monoisotopic (exact) mass is 171 g/mol. The Bertz CT molecular complexity index is 217. The molecule has 0 fully saturated rings. The Morgan fingerprint density at radius 1 is 1.73 bits per heavy atom. The number of aromatic amines is 1. The van der Waals surface area contributed by atoms with Crippen LogP contribution >= 0.6 is 11.9 Å². The number of rotatable bonds is 3. The van der Waals surface area contributed by atoms with Crippen molar-refractivity contribution in [2.24, 2.45) is 0 Å². The van der Waals surface area contributed by atoms with E-state index >= 15 is 0 Å². The summed E-state index contributed by atoms with van der Waals surface area (Å²) in [5, 5.41) is 0. The summed E-state index contributed by atoms with van der Waals surface area (Å²) in [5.41, 5.74) is 1.13. The lowest BCUT2D eigenvalue weighted by molar-refractivity contribution is 1.07. The number of hydrogen-bond donors (Lipinski definition) is 1. The molecule has 0 radical (unpaired) electrons. The first-order valence-corrected chi connectivity index (χ1v) is 4.79. The third-order valence-electron chi connectivity index (χ3n) is 1.55. The Morgan fingerprint density at radius 3 is 2.82 bits per heavy atom. The largest absolute Gasteiger partial charge is 0.347 e. The molecule has 1 heterocycles. The van der Waals surface area contributed by atoms with Gasteiger partial charge in [0.15, 0.2) is 5.82 Å². The third-order valence-corrected chi connectivity index (χ3v) is 2.42. The van der Waals surface area contributed by atoms with Crippen LogP contribution in [-0.2, 0) is 0 Å². The maximum Gasteiger partial charge on any atom is 0.159 e. The smallest absolute Gasteiger partial charge is 0.159 e. The first-order chi connectivity index (χ1) is 5.29. The molecule has 0 saturated carbocycles. The number of H-pyrrole nitrogens is 1. The highest BCUT2D eigenvalue weighted by Crippen LogP contribution is 2.19. The zero-order chi connectivity index (χ0) is 8.27. The first-order valence-electron chi connectivity index (χ1n) is 3.61. The standard InChI is InChI=1S/C7H13N3S/c1-4-10(11-3)7-6(2)8-5-9-7/h5H,4H2,1-3H3,(H,8,9). The summed E-state index contributed by atoms with van der Waals surface area (Å²) in [4.78, 5) is 7.26. The molecule has 0 aliphatic carbocycles. The molecular weight excluding hydrogens is 158 g/mol. The summed E-state index contributed by atoms with van der Waals surface area (Å²) in [6.07, 6.45) is 3.78. The van der Waals surface area contributed by atoms with Crippen molar-refractivity contribution in [2.75, 3.05) is 17.1 Å². The number of aromatic nitrogens is 2. The summed E-state index contributed by atoms with van der Waals surface area (Å²) in [6, 6.07) is 0. The lowest BCUT2D eigenvalue weighted by atomic mass is 10.5. The molecule has 4 heteroatoms. The van der Waals surface area contributed by atoms with Crippen LogP contribution < -0.4 is 4.31 Å². The normalized spacial score (nSPS) is 10.1. The molecule has 1 rings (SSSR count). The van der Waals surface area contributed by atoms with E-state index in [1.54, 1.807) is 18.3 Å². The summed E-state index contributed by atoms with van der Waals surface area (Å²) < 4.78 is 2.14. The molecule has 0 unspecified atom stereocenters. The van der Waals surface area contributed by atoms with E-state index in [1.807, 2.05) is 6.92 Å². The van der Waals surface area contributed by atoms with Gasteiger partial charge in [-0.15, -0.1) is 0 Å². The van der Waals surface area contributed by atoms with Gasteiger partial charge in [-0.1, -0.05) is 11.9 Å². The molecule has 1 aromatic heterocycles. The Labute approximate surface area is 71.3 Å². The van der Waals surface area contributed by atoms with Crippen LogP contribution in [0.25, 0.3) is 0 Å². The van der Waals surface area contributed by atoms with E-state index in [9.17, 15) is 0 Å². The number of aryl methyl sites for hydroxylation is 1. The maximum absolute atomic E-state index is 4.21. The number of nitrogens with one attached hydrogen (secondary N) is 1. The number of hydrogen-bond acceptors (Lipinski definition) is 3. The van der Waals surface area contributed by atoms with Gasteiger partial charge in [0.25, 0.3) is 0 Å². The molecule has 1 N–H and O–H groups in total. The number of anilines is 1. The lowest BCUT2D eigenvalue weighted by Gasteiger charge is -2.16. The first kappa shape index (κ1) is 8.46. The van der Waals surface area contributed by atoms with Gasteiger partial charge in [0.1, 0.15) is 0 Å². The Balaban J connectivity index is 2.81. The van der Waals surface area contributed by atoms with Gasteiger partial charge >= 0.3 is 0 Å². The van der Waals surface area contributed by atoms with E-state index < -0.39 is 0 Å². The molecule has 1 aromatic rings. The SMILES string of the molecule is CCN(SC)c1nc[nH]c1C. The summed E-state index contributed by atoms with van der Waals surface area (Å²) in [5.74, 6) is 1.04. The molecule has 0 aliphatic rings. The van der Waals surface area contributed by atoms with Crippen LogP contribution in [-0.4, -0.2) is 22.8 Å². The van der Waals surface area contributed by atoms with Gasteiger partial charge in [-0.25, -0.2) is 4.98 Å². The predicted molar refractivity (Wildman–Crippen MR) is 49.9 cm³/mol. The minimum Gasteiger partial charge on any atom is -0.347 e. The van der Waals surface area contributed by atoms with Crippen molar-refractivity contribution in [3.8, 4) is 0 Å². The molecule has 62 valence electrons. The van der Waals surface area contributed by atoms with Gasteiger partial charge in [-0.05, 0) is 13.8 Å². The highest BCUT2D eigenvalue weighted by Gasteiger charge is 2.07. The quantitative estimate of drug-likeness (QED) is 0.704. The highest BCUT2D eigenvalue weighted by atomic mass is 32.2. The minimum absolute atomic E-state index is 0.979. The van der Waals surface area contributed by atoms with Crippen molar-refractivity contribution in [3.63, 3.8) is 0 Å². The number of imidazole rings is 1. The van der Waals surface area contributed by atoms with E-state index in [0.717, 1.165) is 18.1 Å². The second-order valence-corrected chi connectivity index (χ2v) is 3.03. The van der Waals surface area contributed by atoms with Gasteiger partial charge in [0.2, 0.25) is 0 Å². The number of nitrogens with zero attached hydrogens (tertiary/aromatic N) is 2. The second kappa shape index (κ2) is 3.67. The van der Waals surface area contributed by atoms with Crippen LogP contribution in [0.2, 0.25) is 0 Å². The molecular formula is C7H13N3S. The lowest BCUT2D eigenvalue weighted by Crippen LogP contribution is -2.13. The van der Waals surface area contributed by atoms with Crippen LogP contribution in [0.1, 0.15) is 12.6 Å². The molecule has 0 aromatic carbocycles. The van der Waals surface area contributed by atoms with Crippen molar-refractivity contribution in [1.82, 2.24) is 9.97 Å². The van der Waals surface area contributed by atoms with Crippen LogP contribution in [0.15, 0.2) is 6.33 Å². The van der Waals surface area contributed by atoms with Gasteiger partial charge in [0.05, 0.1) is 12.0 Å². The third kappa shape index (κ3) is 1.68. The molecule has 3 nitrogen and oxygen atoms in total. The van der Waals surface area contributed by atoms with Crippen molar-refractivity contribution >= 4 is 17.8 Å². The van der Waals surface area contributed by atoms with E-state index in [0.29, 0.717) is 0 Å². The molecule has 0 bridgehead atoms. The molecule has 11 heavy (non-hydrogen) atoms. The Hall–Kier alpha value is -0.640. The summed E-state index contributed by atoms with van der Waals surface area (Å²) in [6.45, 7) is 5.12. The molecule has 0 atom stereocenters. The van der Waals surface area contributed by atoms with Gasteiger partial charge < -0.3 is 4.98 Å². The molecule has 0 saturated heterocycles. The fourth-order valence-electron chi connectivity index (χ4n) is 0.968. The van der Waals surface area contributed by atoms with Crippen molar-refractivity contribution in [2.45, 2.75) is 13.8 Å². The highest BCUT2D eigenvalue weighted by molar-refractivity contribution is 7.99. The van der Waals surface area contributed by atoms with E-state index in [2.05, 4.69) is 27.5 Å². The van der Waals surface area contributed by atoms with E-state index in [-0.39, 0.29) is 0 Å². The van der Waals surface area contributed by atoms with E-state index in [1.165, 1.54) is 0 Å². The van der Waals surface area contributed by atoms with Gasteiger partial charge in [-0.3, -0.25) is 4.31 Å². The fourth-order valence-corrected chi connectivity index (χ4v) is 1.58. The summed E-state index contributed by atoms with van der Waals surface area (Å²) in [7, 11) is 0. The average molecular weight is 171 g/mol. The maximum atomic E-state index is 4.21. The van der Waals surface area contributed by atoms with Crippen LogP contribution in [0, 0.1) is 6.92 Å². The zero-order valence-electron chi connectivity index (χ0n) is 7.09. The van der Waals surface area contributed by atoms with Crippen LogP contribution in [0.5, 0.6) is 0 Å². The second-order valence-electron chi connectivity index (χ2n) is 2.23. The van der Waals surface area contributed by atoms with Gasteiger partial charge in [0, 0.05) is 12.8 Å². The Morgan fingerprint density at radius 2 is 2.45 bits per heavy atom. The van der Waals surface area contributed by atoms with Gasteiger partial charge in [-0.2, -0.15) is 0 Å². The van der Waals surface area contributed by atoms with Crippen molar-refractivity contribution < 1.29 is 0 Å². The fraction of sp³-hybridized carbons (Fsp3) is 0.571. The van der Waals surface area contributed by atoms with Crippen LogP contribution in [0.3, 0.4) is 0 Å². The van der Waals surface area contributed by atoms with Crippen molar-refractivity contribution in [1.29, 1.82) is 0 Å². The topological polar surface area (TPSA) is 31.9 Å². The minimum atomic E-state index is 0.979. The van der Waals surface area contributed by atoms with E-state index in [4.69, 9.17) is 0 Å². The van der Waals surface area contributed by atoms with Crippen LogP contribution in [0.4, 0.5) is 5.82 Å². The Kier molecular flexibility index (Phi) is 2.82. The zero-order valence-corrected chi connectivity index (χ0v) is 7.90. The average Bonchev–Trinajstić information content (AvgIpc) is 2.40.